The third-order valence-electron chi connectivity index (χ3n) is 2.72. The Bertz CT molecular complexity index is 356. The highest BCUT2D eigenvalue weighted by Gasteiger charge is 2.18. The second-order valence-electron chi connectivity index (χ2n) is 3.94. The van der Waals surface area contributed by atoms with Crippen molar-refractivity contribution in [1.82, 2.24) is 5.32 Å². The average molecular weight is 220 g/mol. The molecule has 0 aromatic heterocycles. The maximum absolute atomic E-state index is 11.8. The monoisotopic (exact) mass is 220 g/mol. The predicted octanol–water partition coefficient (Wildman–Crippen LogP) is 0.664. The molecule has 0 aliphatic carbocycles. The Labute approximate surface area is 94.8 Å². The molecule has 16 heavy (non-hydrogen) atoms. The van der Waals surface area contributed by atoms with Crippen molar-refractivity contribution in [3.05, 3.63) is 35.4 Å². The minimum Gasteiger partial charge on any atom is -0.379 e. The van der Waals surface area contributed by atoms with Gasteiger partial charge in [0.1, 0.15) is 0 Å². The van der Waals surface area contributed by atoms with Crippen LogP contribution in [0.25, 0.3) is 0 Å². The Morgan fingerprint density at radius 1 is 1.44 bits per heavy atom. The quantitative estimate of drug-likeness (QED) is 0.786. The van der Waals surface area contributed by atoms with Crippen LogP contribution in [-0.2, 0) is 11.3 Å². The lowest BCUT2D eigenvalue weighted by Crippen LogP contribution is -2.34. The number of benzene rings is 1. The fourth-order valence-corrected chi connectivity index (χ4v) is 1.71. The first kappa shape index (κ1) is 11.1. The van der Waals surface area contributed by atoms with Crippen LogP contribution in [-0.4, -0.2) is 25.2 Å². The van der Waals surface area contributed by atoms with Gasteiger partial charge in [0.25, 0.3) is 5.91 Å². The van der Waals surface area contributed by atoms with Crippen molar-refractivity contribution in [2.45, 2.75) is 19.0 Å². The number of nitrogens with one attached hydrogen (secondary N) is 1. The molecule has 1 aromatic carbocycles. The second kappa shape index (κ2) is 5.09. The van der Waals surface area contributed by atoms with Gasteiger partial charge in [-0.2, -0.15) is 0 Å². The van der Waals surface area contributed by atoms with E-state index in [9.17, 15) is 4.79 Å². The number of nitrogens with two attached hydrogens (primary N) is 1. The Morgan fingerprint density at radius 3 is 2.75 bits per heavy atom. The van der Waals surface area contributed by atoms with Gasteiger partial charge in [0.2, 0.25) is 0 Å². The van der Waals surface area contributed by atoms with E-state index in [4.69, 9.17) is 10.5 Å². The highest BCUT2D eigenvalue weighted by Crippen LogP contribution is 2.07. The molecule has 1 heterocycles. The first-order chi connectivity index (χ1) is 7.79. The number of carbonyl (C=O) groups excluding carboxylic acids is 1. The molecule has 1 amide bonds. The first-order valence-corrected chi connectivity index (χ1v) is 5.47. The number of hydrogen-bond donors (Lipinski definition) is 2. The minimum atomic E-state index is -0.0425. The van der Waals surface area contributed by atoms with Crippen molar-refractivity contribution in [2.75, 3.05) is 13.2 Å². The van der Waals surface area contributed by atoms with E-state index in [1.165, 1.54) is 0 Å². The number of rotatable bonds is 3. The van der Waals surface area contributed by atoms with E-state index in [2.05, 4.69) is 5.32 Å². The Morgan fingerprint density at radius 2 is 2.19 bits per heavy atom. The van der Waals surface area contributed by atoms with E-state index in [1.807, 2.05) is 12.1 Å². The van der Waals surface area contributed by atoms with Crippen LogP contribution in [0, 0.1) is 0 Å². The van der Waals surface area contributed by atoms with E-state index < -0.39 is 0 Å². The summed E-state index contributed by atoms with van der Waals surface area (Å²) in [5, 5.41) is 2.94. The zero-order valence-corrected chi connectivity index (χ0v) is 9.11. The van der Waals surface area contributed by atoms with E-state index in [1.54, 1.807) is 12.1 Å². The lowest BCUT2D eigenvalue weighted by Gasteiger charge is -2.10. The van der Waals surface area contributed by atoms with Crippen molar-refractivity contribution in [1.29, 1.82) is 0 Å². The molecule has 1 saturated heterocycles. The molecule has 1 fully saturated rings. The number of ether oxygens (including phenoxy) is 1. The molecule has 3 N–H and O–H groups in total. The standard InChI is InChI=1S/C12H16N2O2/c13-7-9-1-3-10(4-2-9)12(15)14-11-5-6-16-8-11/h1-4,11H,5-8,13H2,(H,14,15). The number of amides is 1. The van der Waals surface area contributed by atoms with Crippen LogP contribution < -0.4 is 11.1 Å². The van der Waals surface area contributed by atoms with Crippen molar-refractivity contribution < 1.29 is 9.53 Å². The minimum absolute atomic E-state index is 0.0425. The summed E-state index contributed by atoms with van der Waals surface area (Å²) < 4.78 is 5.20. The van der Waals surface area contributed by atoms with Crippen molar-refractivity contribution in [3.8, 4) is 0 Å². The van der Waals surface area contributed by atoms with E-state index >= 15 is 0 Å². The fourth-order valence-electron chi connectivity index (χ4n) is 1.71. The molecule has 1 aliphatic heterocycles. The molecule has 1 aliphatic rings. The van der Waals surface area contributed by atoms with E-state index in [-0.39, 0.29) is 11.9 Å². The normalized spacial score (nSPS) is 19.7. The van der Waals surface area contributed by atoms with Gasteiger partial charge in [-0.05, 0) is 24.1 Å². The zero-order valence-electron chi connectivity index (χ0n) is 9.11. The molecular formula is C12H16N2O2. The third-order valence-corrected chi connectivity index (χ3v) is 2.72. The molecule has 0 radical (unpaired) electrons. The Hall–Kier alpha value is -1.39. The van der Waals surface area contributed by atoms with Gasteiger partial charge in [-0.25, -0.2) is 0 Å². The van der Waals surface area contributed by atoms with Crippen LogP contribution >= 0.6 is 0 Å². The van der Waals surface area contributed by atoms with Crippen molar-refractivity contribution in [3.63, 3.8) is 0 Å². The van der Waals surface area contributed by atoms with Crippen molar-refractivity contribution >= 4 is 5.91 Å². The molecular weight excluding hydrogens is 204 g/mol. The molecule has 1 aromatic rings. The van der Waals surface area contributed by atoms with Crippen LogP contribution in [0.1, 0.15) is 22.3 Å². The van der Waals surface area contributed by atoms with E-state index in [0.29, 0.717) is 18.7 Å². The van der Waals surface area contributed by atoms with Gasteiger partial charge in [0, 0.05) is 18.7 Å². The molecule has 1 atom stereocenters. The summed E-state index contributed by atoms with van der Waals surface area (Å²) in [4.78, 5) is 11.8. The predicted molar refractivity (Wildman–Crippen MR) is 61.0 cm³/mol. The molecule has 0 saturated carbocycles. The topological polar surface area (TPSA) is 64.4 Å². The maximum Gasteiger partial charge on any atom is 0.251 e. The maximum atomic E-state index is 11.8. The molecule has 86 valence electrons. The van der Waals surface area contributed by atoms with Gasteiger partial charge in [0.05, 0.1) is 12.6 Å². The first-order valence-electron chi connectivity index (χ1n) is 5.47. The largest absolute Gasteiger partial charge is 0.379 e. The summed E-state index contributed by atoms with van der Waals surface area (Å²) in [6, 6.07) is 7.50. The smallest absolute Gasteiger partial charge is 0.251 e. The van der Waals surface area contributed by atoms with Gasteiger partial charge in [0.15, 0.2) is 0 Å². The van der Waals surface area contributed by atoms with Crippen molar-refractivity contribution in [2.24, 2.45) is 5.73 Å². The average Bonchev–Trinajstić information content (AvgIpc) is 2.82. The van der Waals surface area contributed by atoms with Crippen LogP contribution in [0.5, 0.6) is 0 Å². The summed E-state index contributed by atoms with van der Waals surface area (Å²) in [7, 11) is 0. The Balaban J connectivity index is 1.97. The van der Waals surface area contributed by atoms with Gasteiger partial charge in [-0.1, -0.05) is 12.1 Å². The third kappa shape index (κ3) is 2.59. The summed E-state index contributed by atoms with van der Waals surface area (Å²) in [5.74, 6) is -0.0425. The van der Waals surface area contributed by atoms with E-state index in [0.717, 1.165) is 18.6 Å². The molecule has 1 unspecified atom stereocenters. The van der Waals surface area contributed by atoms with Gasteiger partial charge < -0.3 is 15.8 Å². The van der Waals surface area contributed by atoms with Crippen LogP contribution in [0.4, 0.5) is 0 Å². The van der Waals surface area contributed by atoms with Gasteiger partial charge in [-0.3, -0.25) is 4.79 Å². The summed E-state index contributed by atoms with van der Waals surface area (Å²) in [5.41, 5.74) is 7.19. The Kier molecular flexibility index (Phi) is 3.54. The SMILES string of the molecule is NCc1ccc(C(=O)NC2CCOC2)cc1. The summed E-state index contributed by atoms with van der Waals surface area (Å²) >= 11 is 0. The van der Waals surface area contributed by atoms with Crippen LogP contribution in [0.15, 0.2) is 24.3 Å². The number of hydrogen-bond acceptors (Lipinski definition) is 3. The highest BCUT2D eigenvalue weighted by atomic mass is 16.5. The van der Waals surface area contributed by atoms with Gasteiger partial charge >= 0.3 is 0 Å². The molecule has 4 heteroatoms. The molecule has 2 rings (SSSR count). The van der Waals surface area contributed by atoms with Crippen LogP contribution in [0.3, 0.4) is 0 Å². The van der Waals surface area contributed by atoms with Gasteiger partial charge in [-0.15, -0.1) is 0 Å². The highest BCUT2D eigenvalue weighted by molar-refractivity contribution is 5.94. The molecule has 0 bridgehead atoms. The molecule has 0 spiro atoms. The number of carbonyl (C=O) groups is 1. The second-order valence-corrected chi connectivity index (χ2v) is 3.94. The summed E-state index contributed by atoms with van der Waals surface area (Å²) in [6.07, 6.45) is 0.895. The molecule has 4 nitrogen and oxygen atoms in total. The lowest BCUT2D eigenvalue weighted by atomic mass is 10.1. The zero-order chi connectivity index (χ0) is 11.4. The van der Waals surface area contributed by atoms with Crippen LogP contribution in [0.2, 0.25) is 0 Å². The lowest BCUT2D eigenvalue weighted by molar-refractivity contribution is 0.0930. The fraction of sp³-hybridized carbons (Fsp3) is 0.417. The summed E-state index contributed by atoms with van der Waals surface area (Å²) in [6.45, 7) is 1.85.